The molecule has 0 N–H and O–H groups in total. The van der Waals surface area contributed by atoms with Gasteiger partial charge in [0.1, 0.15) is 0 Å². The lowest BCUT2D eigenvalue weighted by molar-refractivity contribution is 1.61. The molecule has 0 aliphatic carbocycles. The Kier molecular flexibility index (Phi) is 4.25. The fourth-order valence-corrected chi connectivity index (χ4v) is 5.43. The molecule has 0 saturated heterocycles. The second-order valence-electron chi connectivity index (χ2n) is 8.96. The van der Waals surface area contributed by atoms with E-state index in [0.29, 0.717) is 0 Å². The van der Waals surface area contributed by atoms with E-state index < -0.39 is 0 Å². The average molecular weight is 431 g/mol. The molecular weight excluding hydrogens is 408 g/mol. The highest BCUT2D eigenvalue weighted by atomic mass is 14.2. The minimum atomic E-state index is 1.24. The van der Waals surface area contributed by atoms with Crippen molar-refractivity contribution in [2.24, 2.45) is 0 Å². The summed E-state index contributed by atoms with van der Waals surface area (Å²) in [5.74, 6) is 0. The van der Waals surface area contributed by atoms with Gasteiger partial charge in [0.25, 0.3) is 0 Å². The third-order valence-corrected chi connectivity index (χ3v) is 7.03. The zero-order chi connectivity index (χ0) is 22.5. The fourth-order valence-electron chi connectivity index (χ4n) is 5.43. The lowest BCUT2D eigenvalue weighted by atomic mass is 9.89. The quantitative estimate of drug-likeness (QED) is 0.239. The number of hydrogen-bond donors (Lipinski definition) is 0. The van der Waals surface area contributed by atoms with Crippen molar-refractivity contribution in [1.29, 1.82) is 0 Å². The summed E-state index contributed by atoms with van der Waals surface area (Å²) in [6.07, 6.45) is 0. The zero-order valence-electron chi connectivity index (χ0n) is 18.7. The topological polar surface area (TPSA) is 0 Å². The van der Waals surface area contributed by atoms with Crippen LogP contribution in [0.5, 0.6) is 0 Å². The first kappa shape index (κ1) is 19.1. The van der Waals surface area contributed by atoms with Crippen molar-refractivity contribution < 1.29 is 0 Å². The van der Waals surface area contributed by atoms with Crippen LogP contribution in [0, 0.1) is 0 Å². The summed E-state index contributed by atoms with van der Waals surface area (Å²) >= 11 is 0. The number of benzene rings is 7. The predicted molar refractivity (Wildman–Crippen MR) is 147 cm³/mol. The minimum absolute atomic E-state index is 1.24. The van der Waals surface area contributed by atoms with Gasteiger partial charge in [-0.25, -0.2) is 0 Å². The maximum Gasteiger partial charge on any atom is -0.00262 e. The highest BCUT2D eigenvalue weighted by Crippen LogP contribution is 2.40. The van der Waals surface area contributed by atoms with Crippen LogP contribution in [0.4, 0.5) is 0 Å². The van der Waals surface area contributed by atoms with E-state index in [1.165, 1.54) is 65.3 Å². The second kappa shape index (κ2) is 7.57. The molecule has 0 nitrogen and oxygen atoms in total. The molecule has 0 aliphatic heterocycles. The molecule has 0 aliphatic rings. The minimum Gasteiger partial charge on any atom is -0.0622 e. The molecule has 7 aromatic carbocycles. The van der Waals surface area contributed by atoms with Gasteiger partial charge in [0.2, 0.25) is 0 Å². The summed E-state index contributed by atoms with van der Waals surface area (Å²) in [6.45, 7) is 0. The van der Waals surface area contributed by atoms with Gasteiger partial charge in [-0.2, -0.15) is 0 Å². The van der Waals surface area contributed by atoms with Crippen molar-refractivity contribution in [1.82, 2.24) is 0 Å². The average Bonchev–Trinajstić information content (AvgIpc) is 2.92. The fraction of sp³-hybridized carbons (Fsp3) is 0. The van der Waals surface area contributed by atoms with E-state index in [4.69, 9.17) is 0 Å². The Hall–Kier alpha value is -4.42. The van der Waals surface area contributed by atoms with E-state index in [0.717, 1.165) is 0 Å². The highest BCUT2D eigenvalue weighted by Gasteiger charge is 2.12. The SMILES string of the molecule is c1ccc(-c2cccc(-c3cc4ccc5c6ccccc6ccc5c4c4ccccc34)c2)cc1. The van der Waals surface area contributed by atoms with Crippen LogP contribution in [-0.4, -0.2) is 0 Å². The molecule has 7 aromatic rings. The van der Waals surface area contributed by atoms with Crippen LogP contribution in [-0.2, 0) is 0 Å². The van der Waals surface area contributed by atoms with Gasteiger partial charge in [0.05, 0.1) is 0 Å². The van der Waals surface area contributed by atoms with Gasteiger partial charge in [-0.3, -0.25) is 0 Å². The normalized spacial score (nSPS) is 11.5. The Balaban J connectivity index is 1.55. The Morgan fingerprint density at radius 1 is 0.294 bits per heavy atom. The maximum atomic E-state index is 2.37. The van der Waals surface area contributed by atoms with Gasteiger partial charge in [-0.1, -0.05) is 121 Å². The zero-order valence-corrected chi connectivity index (χ0v) is 18.7. The first-order valence-electron chi connectivity index (χ1n) is 11.8. The molecule has 0 fully saturated rings. The Labute approximate surface area is 198 Å². The van der Waals surface area contributed by atoms with Crippen molar-refractivity contribution in [3.63, 3.8) is 0 Å². The monoisotopic (exact) mass is 430 g/mol. The van der Waals surface area contributed by atoms with Crippen molar-refractivity contribution in [2.45, 2.75) is 0 Å². The molecule has 0 unspecified atom stereocenters. The molecule has 0 spiro atoms. The van der Waals surface area contributed by atoms with Crippen molar-refractivity contribution in [3.05, 3.63) is 133 Å². The van der Waals surface area contributed by atoms with Gasteiger partial charge in [0.15, 0.2) is 0 Å². The summed E-state index contributed by atoms with van der Waals surface area (Å²) in [7, 11) is 0. The molecule has 158 valence electrons. The molecule has 0 heteroatoms. The second-order valence-corrected chi connectivity index (χ2v) is 8.96. The largest absolute Gasteiger partial charge is 0.0622 e. The van der Waals surface area contributed by atoms with Gasteiger partial charge in [-0.05, 0) is 77.5 Å². The third-order valence-electron chi connectivity index (χ3n) is 7.03. The number of hydrogen-bond acceptors (Lipinski definition) is 0. The van der Waals surface area contributed by atoms with E-state index in [1.54, 1.807) is 0 Å². The number of fused-ring (bicyclic) bond motifs is 7. The van der Waals surface area contributed by atoms with E-state index in [1.807, 2.05) is 0 Å². The van der Waals surface area contributed by atoms with Crippen molar-refractivity contribution in [3.8, 4) is 22.3 Å². The van der Waals surface area contributed by atoms with Crippen molar-refractivity contribution >= 4 is 43.1 Å². The van der Waals surface area contributed by atoms with E-state index in [2.05, 4.69) is 133 Å². The van der Waals surface area contributed by atoms with Crippen LogP contribution in [0.25, 0.3) is 65.3 Å². The molecule has 7 rings (SSSR count). The molecular formula is C34H22. The smallest absolute Gasteiger partial charge is 0.00262 e. The van der Waals surface area contributed by atoms with Crippen LogP contribution in [0.1, 0.15) is 0 Å². The van der Waals surface area contributed by atoms with Gasteiger partial charge < -0.3 is 0 Å². The van der Waals surface area contributed by atoms with Crippen LogP contribution < -0.4 is 0 Å². The number of rotatable bonds is 2. The molecule has 34 heavy (non-hydrogen) atoms. The standard InChI is InChI=1S/C34H22/c1-2-9-23(10-3-1)25-12-8-13-26(21-25)33-22-27-18-19-30-28-14-5-4-11-24(28)17-20-32(30)34(27)31-16-7-6-15-29(31)33/h1-22H. The molecule has 0 aromatic heterocycles. The van der Waals surface area contributed by atoms with E-state index in [9.17, 15) is 0 Å². The van der Waals surface area contributed by atoms with E-state index >= 15 is 0 Å². The summed E-state index contributed by atoms with van der Waals surface area (Å²) in [6, 6.07) is 48.5. The van der Waals surface area contributed by atoms with Crippen molar-refractivity contribution in [2.75, 3.05) is 0 Å². The van der Waals surface area contributed by atoms with Gasteiger partial charge >= 0.3 is 0 Å². The van der Waals surface area contributed by atoms with E-state index in [-0.39, 0.29) is 0 Å². The van der Waals surface area contributed by atoms with Gasteiger partial charge in [-0.15, -0.1) is 0 Å². The Bertz CT molecular complexity index is 1840. The lowest BCUT2D eigenvalue weighted by Gasteiger charge is -2.15. The summed E-state index contributed by atoms with van der Waals surface area (Å²) < 4.78 is 0. The summed E-state index contributed by atoms with van der Waals surface area (Å²) in [5, 5.41) is 10.4. The van der Waals surface area contributed by atoms with Crippen LogP contribution in [0.3, 0.4) is 0 Å². The molecule has 0 radical (unpaired) electrons. The Morgan fingerprint density at radius 2 is 0.912 bits per heavy atom. The molecule has 0 atom stereocenters. The molecule has 0 saturated carbocycles. The summed E-state index contributed by atoms with van der Waals surface area (Å²) in [4.78, 5) is 0. The van der Waals surface area contributed by atoms with Crippen LogP contribution >= 0.6 is 0 Å². The first-order valence-corrected chi connectivity index (χ1v) is 11.8. The third kappa shape index (κ3) is 2.93. The molecule has 0 amide bonds. The maximum absolute atomic E-state index is 2.37. The van der Waals surface area contributed by atoms with Crippen LogP contribution in [0.15, 0.2) is 133 Å². The van der Waals surface area contributed by atoms with Gasteiger partial charge in [0, 0.05) is 0 Å². The summed E-state index contributed by atoms with van der Waals surface area (Å²) in [5.41, 5.74) is 5.01. The Morgan fingerprint density at radius 3 is 1.79 bits per heavy atom. The molecule has 0 bridgehead atoms. The van der Waals surface area contributed by atoms with Crippen LogP contribution in [0.2, 0.25) is 0 Å². The molecule has 0 heterocycles. The first-order chi connectivity index (χ1) is 16.9. The predicted octanol–water partition coefficient (Wildman–Crippen LogP) is 9.63. The highest BCUT2D eigenvalue weighted by molar-refractivity contribution is 6.26. The lowest BCUT2D eigenvalue weighted by Crippen LogP contribution is -1.87.